The first-order chi connectivity index (χ1) is 25.2. The molecular weight excluding hydrogens is 716 g/mol. The van der Waals surface area contributed by atoms with Gasteiger partial charge in [-0.05, 0) is 18.2 Å². The highest BCUT2D eigenvalue weighted by atomic mass is 16.7. The molecule has 20 heteroatoms. The van der Waals surface area contributed by atoms with Gasteiger partial charge in [-0.25, -0.2) is 0 Å². The second-order valence-corrected chi connectivity index (χ2v) is 13.0. The van der Waals surface area contributed by atoms with Gasteiger partial charge in [-0.15, -0.1) is 0 Å². The van der Waals surface area contributed by atoms with Gasteiger partial charge in [0, 0.05) is 17.7 Å². The quantitative estimate of drug-likeness (QED) is 0.108. The maximum atomic E-state index is 10.9. The number of aliphatic hydroxyl groups is 11. The van der Waals surface area contributed by atoms with Crippen LogP contribution in [0.4, 0.5) is 0 Å². The van der Waals surface area contributed by atoms with Gasteiger partial charge in [-0.1, -0.05) is 12.1 Å². The maximum Gasteiger partial charge on any atom is 0.229 e. The number of aromatic hydroxyl groups is 2. The molecule has 0 radical (unpaired) electrons. The van der Waals surface area contributed by atoms with Gasteiger partial charge in [0.1, 0.15) is 102 Å². The Hall–Kier alpha value is -3.42. The van der Waals surface area contributed by atoms with Crippen molar-refractivity contribution in [2.24, 2.45) is 0 Å². The number of rotatable bonds is 10. The van der Waals surface area contributed by atoms with Gasteiger partial charge < -0.3 is 99.5 Å². The molecule has 16 unspecified atom stereocenters. The molecule has 20 nitrogen and oxygen atoms in total. The first-order valence-corrected chi connectivity index (χ1v) is 16.5. The number of ether oxygens (including phenoxy) is 7. The summed E-state index contributed by atoms with van der Waals surface area (Å²) in [5.41, 5.74) is 0.422. The molecule has 4 heterocycles. The Morgan fingerprint density at radius 3 is 1.64 bits per heavy atom. The fourth-order valence-corrected chi connectivity index (χ4v) is 6.28. The Balaban J connectivity index is 1.28. The van der Waals surface area contributed by atoms with Gasteiger partial charge in [0.15, 0.2) is 12.4 Å². The lowest BCUT2D eigenvalue weighted by molar-refractivity contribution is -0.328. The number of aliphatic hydroxyl groups excluding tert-OH is 11. The minimum absolute atomic E-state index is 0.0126. The number of hydrogen-bond acceptors (Lipinski definition) is 20. The zero-order chi connectivity index (χ0) is 38.3. The molecule has 3 fully saturated rings. The standard InChI is InChI=1S/C33H42O20/c34-8-18-21(38)24(41)27(44)31(51-18)47-10-20-23(40)26(43)29(46)33(53-20)50-17-7-14-15(48-30(17)11-1-3-12(36)4-2-11)5-13(37)6-16(14)49-32-28(45)25(42)22(39)19(9-35)52-32/h1-7,18-46H,8-10H2. The highest BCUT2D eigenvalue weighted by Gasteiger charge is 2.49. The third-order valence-electron chi connectivity index (χ3n) is 9.36. The van der Waals surface area contributed by atoms with Crippen LogP contribution in [0.25, 0.3) is 6.08 Å². The number of fused-ring (bicyclic) bond motifs is 1. The molecule has 53 heavy (non-hydrogen) atoms. The molecular formula is C33H42O20. The van der Waals surface area contributed by atoms with Crippen LogP contribution in [0.3, 0.4) is 0 Å². The predicted molar refractivity (Wildman–Crippen MR) is 169 cm³/mol. The second-order valence-electron chi connectivity index (χ2n) is 13.0. The molecule has 0 aromatic heterocycles. The summed E-state index contributed by atoms with van der Waals surface area (Å²) in [6.45, 7) is -2.10. The molecule has 0 bridgehead atoms. The smallest absolute Gasteiger partial charge is 0.229 e. The predicted octanol–water partition coefficient (Wildman–Crippen LogP) is -4.61. The Bertz CT molecular complexity index is 1570. The minimum Gasteiger partial charge on any atom is -0.508 e. The van der Waals surface area contributed by atoms with Crippen molar-refractivity contribution in [1.29, 1.82) is 0 Å². The second kappa shape index (κ2) is 16.1. The first kappa shape index (κ1) is 39.3. The van der Waals surface area contributed by atoms with Crippen molar-refractivity contribution in [3.63, 3.8) is 0 Å². The van der Waals surface area contributed by atoms with Crippen LogP contribution >= 0.6 is 0 Å². The highest BCUT2D eigenvalue weighted by Crippen LogP contribution is 2.46. The van der Waals surface area contributed by atoms with Crippen LogP contribution < -0.4 is 9.47 Å². The molecule has 0 spiro atoms. The van der Waals surface area contributed by atoms with E-state index < -0.39 is 118 Å². The zero-order valence-electron chi connectivity index (χ0n) is 27.6. The molecule has 4 aliphatic rings. The van der Waals surface area contributed by atoms with E-state index in [0.717, 1.165) is 6.07 Å². The number of phenols is 2. The topological polar surface area (TPSA) is 328 Å². The third-order valence-corrected chi connectivity index (χ3v) is 9.36. The van der Waals surface area contributed by atoms with Gasteiger partial charge >= 0.3 is 0 Å². The van der Waals surface area contributed by atoms with E-state index in [9.17, 15) is 66.4 Å². The molecule has 0 aliphatic carbocycles. The van der Waals surface area contributed by atoms with Gasteiger partial charge in [-0.3, -0.25) is 0 Å². The molecule has 4 aliphatic heterocycles. The fraction of sp³-hybridized carbons (Fsp3) is 0.576. The van der Waals surface area contributed by atoms with E-state index in [2.05, 4.69) is 0 Å². The van der Waals surface area contributed by atoms with Crippen molar-refractivity contribution in [2.45, 2.75) is 98.2 Å². The van der Waals surface area contributed by atoms with E-state index in [1.165, 1.54) is 36.4 Å². The van der Waals surface area contributed by atoms with Gasteiger partial charge in [0.25, 0.3) is 0 Å². The fourth-order valence-electron chi connectivity index (χ4n) is 6.28. The molecule has 2 aromatic carbocycles. The van der Waals surface area contributed by atoms with Crippen LogP contribution in [-0.4, -0.2) is 178 Å². The maximum absolute atomic E-state index is 10.9. The normalized spacial score (nSPS) is 40.1. The van der Waals surface area contributed by atoms with Crippen molar-refractivity contribution in [3.05, 3.63) is 53.3 Å². The monoisotopic (exact) mass is 758 g/mol. The van der Waals surface area contributed by atoms with Crippen LogP contribution in [0.15, 0.2) is 42.2 Å². The van der Waals surface area contributed by atoms with Crippen LogP contribution in [0.5, 0.6) is 23.0 Å². The molecule has 16 atom stereocenters. The average molecular weight is 759 g/mol. The molecule has 0 saturated carbocycles. The highest BCUT2D eigenvalue weighted by molar-refractivity contribution is 5.70. The summed E-state index contributed by atoms with van der Waals surface area (Å²) < 4.78 is 40.1. The lowest BCUT2D eigenvalue weighted by Gasteiger charge is -2.43. The Kier molecular flexibility index (Phi) is 12.0. The van der Waals surface area contributed by atoms with Gasteiger partial charge in [0.2, 0.25) is 12.6 Å². The molecule has 6 rings (SSSR count). The van der Waals surface area contributed by atoms with E-state index in [4.69, 9.17) is 33.2 Å². The van der Waals surface area contributed by atoms with Crippen molar-refractivity contribution in [3.8, 4) is 23.0 Å². The van der Waals surface area contributed by atoms with Crippen LogP contribution in [0.1, 0.15) is 17.2 Å². The lowest BCUT2D eigenvalue weighted by atomic mass is 9.98. The van der Waals surface area contributed by atoms with Crippen molar-refractivity contribution < 1.29 is 99.5 Å². The van der Waals surface area contributed by atoms with Crippen molar-refractivity contribution in [2.75, 3.05) is 19.8 Å². The Morgan fingerprint density at radius 1 is 0.547 bits per heavy atom. The minimum atomic E-state index is -1.90. The average Bonchev–Trinajstić information content (AvgIpc) is 3.14. The van der Waals surface area contributed by atoms with Crippen LogP contribution in [0, 0.1) is 0 Å². The van der Waals surface area contributed by atoms with E-state index in [1.807, 2.05) is 0 Å². The summed E-state index contributed by atoms with van der Waals surface area (Å²) in [5, 5.41) is 133. The Labute approximate surface area is 300 Å². The Morgan fingerprint density at radius 2 is 1.06 bits per heavy atom. The summed E-state index contributed by atoms with van der Waals surface area (Å²) in [6, 6.07) is 7.97. The molecule has 294 valence electrons. The number of phenolic OH excluding ortho intramolecular Hbond substituents is 2. The van der Waals surface area contributed by atoms with Crippen molar-refractivity contribution in [1.82, 2.24) is 0 Å². The van der Waals surface area contributed by atoms with Crippen LogP contribution in [0.2, 0.25) is 0 Å². The molecule has 13 N–H and O–H groups in total. The summed E-state index contributed by atoms with van der Waals surface area (Å²) in [6.07, 6.45) is -25.1. The van der Waals surface area contributed by atoms with E-state index in [0.29, 0.717) is 5.56 Å². The van der Waals surface area contributed by atoms with Crippen LogP contribution in [-0.2, 0) is 23.7 Å². The molecule has 0 amide bonds. The van der Waals surface area contributed by atoms with E-state index in [1.54, 1.807) is 0 Å². The number of hydrogen-bond donors (Lipinski definition) is 13. The number of benzene rings is 2. The van der Waals surface area contributed by atoms with E-state index in [-0.39, 0.29) is 34.3 Å². The summed E-state index contributed by atoms with van der Waals surface area (Å²) >= 11 is 0. The van der Waals surface area contributed by atoms with Gasteiger partial charge in [0.05, 0.1) is 25.4 Å². The van der Waals surface area contributed by atoms with Gasteiger partial charge in [-0.2, -0.15) is 0 Å². The lowest BCUT2D eigenvalue weighted by Crippen LogP contribution is -2.61. The summed E-state index contributed by atoms with van der Waals surface area (Å²) in [7, 11) is 0. The van der Waals surface area contributed by atoms with Crippen molar-refractivity contribution >= 4 is 6.08 Å². The summed E-state index contributed by atoms with van der Waals surface area (Å²) in [5.74, 6) is -0.818. The largest absolute Gasteiger partial charge is 0.508 e. The molecule has 3 saturated heterocycles. The summed E-state index contributed by atoms with van der Waals surface area (Å²) in [4.78, 5) is 0. The first-order valence-electron chi connectivity index (χ1n) is 16.5. The zero-order valence-corrected chi connectivity index (χ0v) is 27.6. The third kappa shape index (κ3) is 7.89. The molecule has 2 aromatic rings. The van der Waals surface area contributed by atoms with E-state index >= 15 is 0 Å². The SMILES string of the molecule is OCC1OC(OCC2OC(OC3=Cc4c(cc(O)cc4OC4OC(CO)C(O)C(O)C4O)OC3c3ccc(O)cc3)C(O)C(O)C2O)C(O)C(O)C1O.